The van der Waals surface area contributed by atoms with E-state index in [4.69, 9.17) is 10.8 Å². The molecule has 0 bridgehead atoms. The number of hydrogen-bond acceptors (Lipinski definition) is 5. The van der Waals surface area contributed by atoms with Crippen molar-refractivity contribution in [3.05, 3.63) is 40.9 Å². The van der Waals surface area contributed by atoms with Gasteiger partial charge >= 0.3 is 16.5 Å². The number of likely N-dealkylation sites (N-methyl/N-ethyl adjacent to an activating group) is 1. The van der Waals surface area contributed by atoms with Crippen molar-refractivity contribution >= 4 is 40.5 Å². The fourth-order valence-electron chi connectivity index (χ4n) is 1.08. The first-order chi connectivity index (χ1) is 9.53. The number of hydrogen-bond donors (Lipinski definition) is 0. The van der Waals surface area contributed by atoms with Crippen LogP contribution in [-0.2, 0) is 22.0 Å². The smallest absolute Gasteiger partial charge is 0.753 e. The Morgan fingerprint density at radius 3 is 2.14 bits per heavy atom. The summed E-state index contributed by atoms with van der Waals surface area (Å²) in [7, 11) is 4.09. The molecule has 1 heterocycles. The molecule has 123 valence electrons. The summed E-state index contributed by atoms with van der Waals surface area (Å²) in [5.41, 5.74) is 1.97. The van der Waals surface area contributed by atoms with E-state index in [0.717, 1.165) is 24.5 Å². The van der Waals surface area contributed by atoms with Crippen molar-refractivity contribution in [3.8, 4) is 0 Å². The average molecular weight is 385 g/mol. The Hall–Kier alpha value is -1.17. The van der Waals surface area contributed by atoms with E-state index in [2.05, 4.69) is 39.3 Å². The maximum absolute atomic E-state index is 7.13. The minimum atomic E-state index is 0. The Balaban J connectivity index is -0.000000176. The molecule has 0 atom stereocenters. The van der Waals surface area contributed by atoms with Crippen LogP contribution in [0.4, 0.5) is 0 Å². The average Bonchev–Trinajstić information content (AvgIpc) is 2.41. The molecule has 22 heavy (non-hydrogen) atoms. The molecule has 0 spiro atoms. The van der Waals surface area contributed by atoms with E-state index in [-0.39, 0.29) is 22.0 Å². The van der Waals surface area contributed by atoms with Crippen LogP contribution in [0, 0.1) is 0 Å². The molecule has 0 aliphatic heterocycles. The quantitative estimate of drug-likeness (QED) is 0.341. The van der Waals surface area contributed by atoms with Gasteiger partial charge < -0.3 is 21.2 Å². The van der Waals surface area contributed by atoms with Gasteiger partial charge in [-0.25, -0.2) is 0 Å². The molecular weight excluding hydrogens is 365 g/mol. The van der Waals surface area contributed by atoms with Gasteiger partial charge in [0.2, 0.25) is 0 Å². The first-order valence-electron chi connectivity index (χ1n) is 5.63. The zero-order valence-electron chi connectivity index (χ0n) is 12.7. The van der Waals surface area contributed by atoms with E-state index < -0.39 is 0 Å². The number of thiocarbonyl (C=S) groups is 2. The van der Waals surface area contributed by atoms with Gasteiger partial charge in [-0.05, 0) is 33.2 Å². The Labute approximate surface area is 152 Å². The molecule has 1 aromatic heterocycles. The van der Waals surface area contributed by atoms with Gasteiger partial charge in [0.1, 0.15) is 0 Å². The molecule has 1 aromatic rings. The fourth-order valence-corrected chi connectivity index (χ4v) is 1.08. The molecule has 0 aromatic carbocycles. The Morgan fingerprint density at radius 1 is 1.27 bits per heavy atom. The van der Waals surface area contributed by atoms with E-state index in [9.17, 15) is 0 Å². The second kappa shape index (κ2) is 22.1. The molecule has 0 saturated heterocycles. The summed E-state index contributed by atoms with van der Waals surface area (Å²) >= 11 is 7.40. The third kappa shape index (κ3) is 21.1. The molecule has 0 aliphatic rings. The van der Waals surface area contributed by atoms with Crippen molar-refractivity contribution in [2.24, 2.45) is 4.99 Å². The topological polar surface area (TPSA) is 106 Å². The molecular formula is C13H20N5NiOS2+2. The van der Waals surface area contributed by atoms with Gasteiger partial charge in [-0.3, -0.25) is 9.98 Å². The van der Waals surface area contributed by atoms with Crippen LogP contribution in [0.2, 0.25) is 0 Å². The van der Waals surface area contributed by atoms with Crippen molar-refractivity contribution in [3.63, 3.8) is 0 Å². The molecule has 1 rings (SSSR count). The van der Waals surface area contributed by atoms with Gasteiger partial charge in [-0.15, -0.1) is 0 Å². The van der Waals surface area contributed by atoms with Gasteiger partial charge in [-0.2, -0.15) is 10.3 Å². The van der Waals surface area contributed by atoms with Gasteiger partial charge in [0, 0.05) is 12.7 Å². The Kier molecular flexibility index (Phi) is 29.1. The molecule has 6 nitrogen and oxygen atoms in total. The third-order valence-electron chi connectivity index (χ3n) is 1.93. The minimum absolute atomic E-state index is 0. The van der Waals surface area contributed by atoms with E-state index in [1.807, 2.05) is 39.2 Å². The van der Waals surface area contributed by atoms with Crippen molar-refractivity contribution in [2.45, 2.75) is 6.92 Å². The van der Waals surface area contributed by atoms with Crippen LogP contribution in [0.3, 0.4) is 0 Å². The SMILES string of the molecule is CC(=NCCN(C)C)c1ccccn1.[N-]=C=S.[N-]=C=S.[Ni+3].[OH3+]. The zero-order chi connectivity index (χ0) is 15.8. The summed E-state index contributed by atoms with van der Waals surface area (Å²) < 4.78 is 0. The summed E-state index contributed by atoms with van der Waals surface area (Å²) in [6.45, 7) is 3.80. The van der Waals surface area contributed by atoms with Crippen molar-refractivity contribution in [1.29, 1.82) is 0 Å². The van der Waals surface area contributed by atoms with Gasteiger partial charge in [0.25, 0.3) is 0 Å². The molecule has 1 radical (unpaired) electrons. The number of nitrogens with zero attached hydrogens (tertiary/aromatic N) is 5. The second-order valence-corrected chi connectivity index (χ2v) is 4.03. The van der Waals surface area contributed by atoms with Crippen LogP contribution in [0.5, 0.6) is 0 Å². The first kappa shape index (κ1) is 28.9. The van der Waals surface area contributed by atoms with Crippen LogP contribution in [0.25, 0.3) is 10.8 Å². The van der Waals surface area contributed by atoms with Gasteiger partial charge in [-0.1, -0.05) is 30.5 Å². The molecule has 0 aliphatic carbocycles. The number of isothiocyanates is 2. The van der Waals surface area contributed by atoms with Crippen LogP contribution in [-0.4, -0.2) is 53.1 Å². The molecule has 3 N–H and O–H groups in total. The summed E-state index contributed by atoms with van der Waals surface area (Å²) in [5, 5.41) is 16.9. The first-order valence-corrected chi connectivity index (χ1v) is 6.44. The maximum atomic E-state index is 7.13. The summed E-state index contributed by atoms with van der Waals surface area (Å²) in [4.78, 5) is 10.8. The van der Waals surface area contributed by atoms with Crippen LogP contribution in [0.1, 0.15) is 12.6 Å². The standard InChI is InChI=1S/C11H17N3.2CNS.Ni.H2O/c1-10(12-8-9-14(2)3)11-6-4-5-7-13-11;2*2-1-3;;/h4-7H,8-9H2,1-3H3;;;;1H2/q;2*-1;+3;/p+1. The van der Waals surface area contributed by atoms with Gasteiger partial charge in [0.15, 0.2) is 0 Å². The van der Waals surface area contributed by atoms with Crippen LogP contribution >= 0.6 is 24.4 Å². The largest absolute Gasteiger partial charge is 3.00 e. The summed E-state index contributed by atoms with van der Waals surface area (Å²) in [6.07, 6.45) is 1.79. The van der Waals surface area contributed by atoms with Crippen molar-refractivity contribution in [1.82, 2.24) is 9.88 Å². The van der Waals surface area contributed by atoms with E-state index in [1.165, 1.54) is 10.3 Å². The minimum Gasteiger partial charge on any atom is -0.753 e. The van der Waals surface area contributed by atoms with Crippen molar-refractivity contribution < 1.29 is 22.0 Å². The predicted molar refractivity (Wildman–Crippen MR) is 96.7 cm³/mol. The molecule has 9 heteroatoms. The molecule has 0 fully saturated rings. The number of aromatic nitrogens is 1. The zero-order valence-corrected chi connectivity index (χ0v) is 15.3. The Morgan fingerprint density at radius 2 is 1.77 bits per heavy atom. The third-order valence-corrected chi connectivity index (χ3v) is 1.93. The fraction of sp³-hybridized carbons (Fsp3) is 0.385. The van der Waals surface area contributed by atoms with Gasteiger partial charge in [0.05, 0.1) is 18.0 Å². The number of aliphatic imine (C=N–C) groups is 1. The van der Waals surface area contributed by atoms with E-state index in [1.54, 1.807) is 6.20 Å². The predicted octanol–water partition coefficient (Wildman–Crippen LogP) is 1.85. The normalized spacial score (nSPS) is 8.45. The molecule has 0 amide bonds. The second-order valence-electron chi connectivity index (χ2n) is 3.67. The monoisotopic (exact) mass is 384 g/mol. The van der Waals surface area contributed by atoms with Crippen LogP contribution < -0.4 is 0 Å². The summed E-state index contributed by atoms with van der Waals surface area (Å²) in [5.74, 6) is 0. The maximum Gasteiger partial charge on any atom is 3.00 e. The van der Waals surface area contributed by atoms with Crippen LogP contribution in [0.15, 0.2) is 29.4 Å². The van der Waals surface area contributed by atoms with E-state index in [0.29, 0.717) is 0 Å². The summed E-state index contributed by atoms with van der Waals surface area (Å²) in [6, 6.07) is 5.87. The van der Waals surface area contributed by atoms with E-state index >= 15 is 0 Å². The number of pyridine rings is 1. The number of rotatable bonds is 4. The molecule has 0 unspecified atom stereocenters. The Bertz CT molecular complexity index is 445. The van der Waals surface area contributed by atoms with Crippen molar-refractivity contribution in [2.75, 3.05) is 27.2 Å². The molecule has 0 saturated carbocycles.